The van der Waals surface area contributed by atoms with E-state index in [2.05, 4.69) is 24.2 Å². The van der Waals surface area contributed by atoms with Gasteiger partial charge < -0.3 is 15.3 Å². The van der Waals surface area contributed by atoms with Crippen LogP contribution in [0, 0.1) is 17.8 Å². The van der Waals surface area contributed by atoms with Crippen molar-refractivity contribution in [2.24, 2.45) is 17.8 Å². The highest BCUT2D eigenvalue weighted by Crippen LogP contribution is 2.30. The molecule has 4 unspecified atom stereocenters. The fraction of sp³-hybridized carbons (Fsp3) is 1.00. The summed E-state index contributed by atoms with van der Waals surface area (Å²) >= 11 is 0. The maximum absolute atomic E-state index is 9.19. The van der Waals surface area contributed by atoms with Gasteiger partial charge in [0.05, 0.1) is 0 Å². The molecule has 0 aromatic rings. The van der Waals surface area contributed by atoms with Gasteiger partial charge in [0.1, 0.15) is 0 Å². The van der Waals surface area contributed by atoms with E-state index in [1.807, 2.05) is 0 Å². The molecule has 2 fully saturated rings. The Bertz CT molecular complexity index is 234. The van der Waals surface area contributed by atoms with Crippen molar-refractivity contribution in [3.8, 4) is 0 Å². The number of rotatable bonds is 4. The topological polar surface area (TPSA) is 35.5 Å². The van der Waals surface area contributed by atoms with Gasteiger partial charge in [-0.3, -0.25) is 0 Å². The van der Waals surface area contributed by atoms with Crippen molar-refractivity contribution in [3.63, 3.8) is 0 Å². The summed E-state index contributed by atoms with van der Waals surface area (Å²) < 4.78 is 0. The van der Waals surface area contributed by atoms with Crippen LogP contribution in [0.15, 0.2) is 0 Å². The van der Waals surface area contributed by atoms with Crippen molar-refractivity contribution >= 4 is 0 Å². The summed E-state index contributed by atoms with van der Waals surface area (Å²) in [6.07, 6.45) is 5.26. The summed E-state index contributed by atoms with van der Waals surface area (Å²) in [5, 5.41) is 12.7. The van der Waals surface area contributed by atoms with Crippen molar-refractivity contribution in [3.05, 3.63) is 0 Å². The first-order chi connectivity index (χ1) is 8.22. The summed E-state index contributed by atoms with van der Waals surface area (Å²) in [6, 6.07) is 0.708. The highest BCUT2D eigenvalue weighted by atomic mass is 16.3. The Balaban J connectivity index is 1.83. The Labute approximate surface area is 106 Å². The highest BCUT2D eigenvalue weighted by Gasteiger charge is 2.31. The zero-order valence-corrected chi connectivity index (χ0v) is 11.4. The molecule has 4 atom stereocenters. The lowest BCUT2D eigenvalue weighted by atomic mass is 9.78. The van der Waals surface area contributed by atoms with Gasteiger partial charge in [0, 0.05) is 25.7 Å². The fourth-order valence-corrected chi connectivity index (χ4v) is 3.64. The van der Waals surface area contributed by atoms with Crippen LogP contribution in [0.2, 0.25) is 0 Å². The second kappa shape index (κ2) is 6.17. The average molecular weight is 240 g/mol. The summed E-state index contributed by atoms with van der Waals surface area (Å²) in [7, 11) is 2.11. The van der Waals surface area contributed by atoms with E-state index < -0.39 is 0 Å². The van der Waals surface area contributed by atoms with E-state index in [-0.39, 0.29) is 0 Å². The van der Waals surface area contributed by atoms with E-state index >= 15 is 0 Å². The quantitative estimate of drug-likeness (QED) is 0.778. The molecule has 100 valence electrons. The van der Waals surface area contributed by atoms with Crippen molar-refractivity contribution in [2.75, 3.05) is 33.3 Å². The number of likely N-dealkylation sites (tertiary alicyclic amines) is 1. The number of aliphatic hydroxyl groups excluding tert-OH is 1. The summed E-state index contributed by atoms with van der Waals surface area (Å²) in [6.45, 7) is 6.28. The summed E-state index contributed by atoms with van der Waals surface area (Å²) in [5.41, 5.74) is 0. The largest absolute Gasteiger partial charge is 0.396 e. The second-order valence-corrected chi connectivity index (χ2v) is 6.17. The van der Waals surface area contributed by atoms with Crippen LogP contribution >= 0.6 is 0 Å². The third-order valence-electron chi connectivity index (χ3n) is 4.74. The van der Waals surface area contributed by atoms with Gasteiger partial charge in [-0.1, -0.05) is 6.92 Å². The molecule has 0 spiro atoms. The maximum Gasteiger partial charge on any atom is 0.0471 e. The Morgan fingerprint density at radius 1 is 1.29 bits per heavy atom. The molecule has 0 bridgehead atoms. The molecule has 0 aromatic carbocycles. The van der Waals surface area contributed by atoms with Crippen molar-refractivity contribution in [2.45, 2.75) is 38.6 Å². The van der Waals surface area contributed by atoms with Gasteiger partial charge in [-0.05, 0) is 57.0 Å². The minimum atomic E-state index is 0.368. The zero-order valence-electron chi connectivity index (χ0n) is 11.4. The molecule has 3 nitrogen and oxygen atoms in total. The van der Waals surface area contributed by atoms with Gasteiger partial charge in [-0.25, -0.2) is 0 Å². The molecular formula is C14H28N2O. The van der Waals surface area contributed by atoms with Crippen molar-refractivity contribution < 1.29 is 5.11 Å². The standard InChI is InChI=1S/C14H28N2O/c1-11-3-4-14(15-2)13(7-11)9-16-6-5-12(8-16)10-17/h11-15,17H,3-10H2,1-2H3. The Kier molecular flexibility index (Phi) is 4.83. The van der Waals surface area contributed by atoms with Gasteiger partial charge >= 0.3 is 0 Å². The Morgan fingerprint density at radius 3 is 2.76 bits per heavy atom. The smallest absolute Gasteiger partial charge is 0.0471 e. The lowest BCUT2D eigenvalue weighted by Crippen LogP contribution is -2.44. The van der Waals surface area contributed by atoms with Crippen LogP contribution in [0.4, 0.5) is 0 Å². The molecule has 1 aliphatic heterocycles. The van der Waals surface area contributed by atoms with Crippen LogP contribution in [-0.2, 0) is 0 Å². The number of aliphatic hydroxyl groups is 1. The maximum atomic E-state index is 9.19. The minimum absolute atomic E-state index is 0.368. The first-order valence-corrected chi connectivity index (χ1v) is 7.23. The van der Waals surface area contributed by atoms with Crippen LogP contribution in [0.3, 0.4) is 0 Å². The van der Waals surface area contributed by atoms with Crippen LogP contribution in [0.1, 0.15) is 32.6 Å². The lowest BCUT2D eigenvalue weighted by molar-refractivity contribution is 0.156. The van der Waals surface area contributed by atoms with Crippen LogP contribution < -0.4 is 5.32 Å². The van der Waals surface area contributed by atoms with Gasteiger partial charge in [0.15, 0.2) is 0 Å². The molecule has 2 rings (SSSR count). The SMILES string of the molecule is CNC1CCC(C)CC1CN1CCC(CO)C1. The van der Waals surface area contributed by atoms with E-state index in [1.54, 1.807) is 0 Å². The first-order valence-electron chi connectivity index (χ1n) is 7.23. The number of hydrogen-bond acceptors (Lipinski definition) is 3. The molecule has 2 N–H and O–H groups in total. The zero-order chi connectivity index (χ0) is 12.3. The third kappa shape index (κ3) is 3.43. The predicted octanol–water partition coefficient (Wildman–Crippen LogP) is 1.32. The highest BCUT2D eigenvalue weighted by molar-refractivity contribution is 4.86. The molecule has 2 aliphatic rings. The lowest BCUT2D eigenvalue weighted by Gasteiger charge is -2.37. The molecule has 3 heteroatoms. The minimum Gasteiger partial charge on any atom is -0.396 e. The summed E-state index contributed by atoms with van der Waals surface area (Å²) in [4.78, 5) is 2.56. The fourth-order valence-electron chi connectivity index (χ4n) is 3.64. The second-order valence-electron chi connectivity index (χ2n) is 6.17. The number of nitrogens with zero attached hydrogens (tertiary/aromatic N) is 1. The number of hydrogen-bond donors (Lipinski definition) is 2. The number of nitrogens with one attached hydrogen (secondary N) is 1. The van der Waals surface area contributed by atoms with E-state index in [4.69, 9.17) is 0 Å². The van der Waals surface area contributed by atoms with Crippen molar-refractivity contribution in [1.29, 1.82) is 0 Å². The van der Waals surface area contributed by atoms with E-state index in [9.17, 15) is 5.11 Å². The van der Waals surface area contributed by atoms with Crippen LogP contribution in [-0.4, -0.2) is 49.3 Å². The third-order valence-corrected chi connectivity index (χ3v) is 4.74. The predicted molar refractivity (Wildman–Crippen MR) is 71.0 cm³/mol. The molecule has 17 heavy (non-hydrogen) atoms. The molecule has 1 saturated carbocycles. The van der Waals surface area contributed by atoms with Crippen LogP contribution in [0.5, 0.6) is 0 Å². The van der Waals surface area contributed by atoms with E-state index in [1.165, 1.54) is 38.8 Å². The van der Waals surface area contributed by atoms with Crippen LogP contribution in [0.25, 0.3) is 0 Å². The van der Waals surface area contributed by atoms with Gasteiger partial charge in [-0.15, -0.1) is 0 Å². The average Bonchev–Trinajstić information content (AvgIpc) is 2.77. The van der Waals surface area contributed by atoms with Gasteiger partial charge in [-0.2, -0.15) is 0 Å². The molecule has 1 aliphatic carbocycles. The molecule has 0 amide bonds. The molecular weight excluding hydrogens is 212 g/mol. The van der Waals surface area contributed by atoms with Gasteiger partial charge in [0.2, 0.25) is 0 Å². The normalized spacial score (nSPS) is 39.7. The molecule has 0 radical (unpaired) electrons. The summed E-state index contributed by atoms with van der Waals surface area (Å²) in [5.74, 6) is 2.23. The van der Waals surface area contributed by atoms with Gasteiger partial charge in [0.25, 0.3) is 0 Å². The Morgan fingerprint density at radius 2 is 2.12 bits per heavy atom. The monoisotopic (exact) mass is 240 g/mol. The molecule has 1 heterocycles. The van der Waals surface area contributed by atoms with Crippen molar-refractivity contribution in [1.82, 2.24) is 10.2 Å². The Hall–Kier alpha value is -0.120. The first kappa shape index (κ1) is 13.3. The van der Waals surface area contributed by atoms with E-state index in [0.29, 0.717) is 18.6 Å². The van der Waals surface area contributed by atoms with E-state index in [0.717, 1.165) is 18.4 Å². The molecule has 0 aromatic heterocycles. The molecule has 1 saturated heterocycles.